The molecule has 0 saturated heterocycles. The second-order valence-electron chi connectivity index (χ2n) is 6.71. The van der Waals surface area contributed by atoms with Crippen molar-refractivity contribution in [2.24, 2.45) is 0 Å². The molecule has 140 valence electrons. The SMILES string of the molecule is COc1ccc2cc(-c3nc(-c4ccncc4)[nH]c3-c3ccncc3)ccc2c1. The Morgan fingerprint density at radius 3 is 2.07 bits per heavy atom. The minimum Gasteiger partial charge on any atom is -0.497 e. The molecule has 5 nitrogen and oxygen atoms in total. The normalized spacial score (nSPS) is 10.9. The van der Waals surface area contributed by atoms with Gasteiger partial charge < -0.3 is 9.72 Å². The summed E-state index contributed by atoms with van der Waals surface area (Å²) in [6.45, 7) is 0. The fourth-order valence-corrected chi connectivity index (χ4v) is 3.45. The number of methoxy groups -OCH3 is 1. The summed E-state index contributed by atoms with van der Waals surface area (Å²) in [5.41, 5.74) is 4.95. The number of hydrogen-bond acceptors (Lipinski definition) is 4. The summed E-state index contributed by atoms with van der Waals surface area (Å²) in [5.74, 6) is 1.66. The lowest BCUT2D eigenvalue weighted by molar-refractivity contribution is 0.415. The van der Waals surface area contributed by atoms with Gasteiger partial charge >= 0.3 is 0 Å². The lowest BCUT2D eigenvalue weighted by Gasteiger charge is -2.06. The first-order valence-corrected chi connectivity index (χ1v) is 9.31. The molecular weight excluding hydrogens is 360 g/mol. The lowest BCUT2D eigenvalue weighted by Crippen LogP contribution is -1.86. The van der Waals surface area contributed by atoms with Crippen LogP contribution < -0.4 is 4.74 Å². The molecule has 0 bridgehead atoms. The van der Waals surface area contributed by atoms with Crippen molar-refractivity contribution >= 4 is 10.8 Å². The Morgan fingerprint density at radius 2 is 1.34 bits per heavy atom. The van der Waals surface area contributed by atoms with Crippen molar-refractivity contribution in [2.75, 3.05) is 7.11 Å². The average Bonchev–Trinajstić information content (AvgIpc) is 3.25. The molecule has 5 rings (SSSR count). The van der Waals surface area contributed by atoms with E-state index in [1.165, 1.54) is 0 Å². The Bertz CT molecular complexity index is 1280. The molecular formula is C24H18N4O. The predicted molar refractivity (Wildman–Crippen MR) is 115 cm³/mol. The number of H-pyrrole nitrogens is 1. The maximum Gasteiger partial charge on any atom is 0.138 e. The molecule has 3 aromatic heterocycles. The topological polar surface area (TPSA) is 63.7 Å². The smallest absolute Gasteiger partial charge is 0.138 e. The highest BCUT2D eigenvalue weighted by Gasteiger charge is 2.15. The number of imidazole rings is 1. The van der Waals surface area contributed by atoms with Crippen LogP contribution in [0.25, 0.3) is 44.7 Å². The van der Waals surface area contributed by atoms with Crippen molar-refractivity contribution in [1.82, 2.24) is 19.9 Å². The molecule has 1 N–H and O–H groups in total. The first-order valence-electron chi connectivity index (χ1n) is 9.31. The summed E-state index contributed by atoms with van der Waals surface area (Å²) in [5, 5.41) is 2.26. The van der Waals surface area contributed by atoms with E-state index in [2.05, 4.69) is 39.2 Å². The van der Waals surface area contributed by atoms with Crippen molar-refractivity contribution in [3.8, 4) is 39.7 Å². The second kappa shape index (κ2) is 7.20. The summed E-state index contributed by atoms with van der Waals surface area (Å²) in [7, 11) is 1.68. The number of hydrogen-bond donors (Lipinski definition) is 1. The zero-order chi connectivity index (χ0) is 19.6. The van der Waals surface area contributed by atoms with E-state index in [9.17, 15) is 0 Å². The fraction of sp³-hybridized carbons (Fsp3) is 0.0417. The summed E-state index contributed by atoms with van der Waals surface area (Å²) in [6.07, 6.45) is 7.12. The van der Waals surface area contributed by atoms with Crippen molar-refractivity contribution in [1.29, 1.82) is 0 Å². The largest absolute Gasteiger partial charge is 0.497 e. The van der Waals surface area contributed by atoms with E-state index in [4.69, 9.17) is 9.72 Å². The van der Waals surface area contributed by atoms with E-state index >= 15 is 0 Å². The molecule has 0 spiro atoms. The molecule has 29 heavy (non-hydrogen) atoms. The van der Waals surface area contributed by atoms with Gasteiger partial charge in [0.25, 0.3) is 0 Å². The van der Waals surface area contributed by atoms with Crippen LogP contribution in [0.15, 0.2) is 85.5 Å². The molecule has 0 fully saturated rings. The molecule has 3 heterocycles. The van der Waals surface area contributed by atoms with Gasteiger partial charge in [-0.15, -0.1) is 0 Å². The van der Waals surface area contributed by atoms with Crippen LogP contribution in [0.4, 0.5) is 0 Å². The Kier molecular flexibility index (Phi) is 4.26. The Morgan fingerprint density at radius 1 is 0.690 bits per heavy atom. The van der Waals surface area contributed by atoms with Gasteiger partial charge in [0.05, 0.1) is 18.5 Å². The predicted octanol–water partition coefficient (Wildman–Crippen LogP) is 5.36. The standard InChI is InChI=1S/C24H18N4O/c1-29-21-5-4-18-14-20(3-2-19(18)15-21)23-22(16-6-10-25-11-7-16)27-24(28-23)17-8-12-26-13-9-17/h2-15H,1H3,(H,27,28). The third-order valence-electron chi connectivity index (χ3n) is 4.95. The number of aromatic amines is 1. The zero-order valence-electron chi connectivity index (χ0n) is 15.8. The zero-order valence-corrected chi connectivity index (χ0v) is 15.8. The first-order chi connectivity index (χ1) is 14.3. The van der Waals surface area contributed by atoms with Gasteiger partial charge in [0.15, 0.2) is 0 Å². The molecule has 0 atom stereocenters. The Balaban J connectivity index is 1.69. The van der Waals surface area contributed by atoms with E-state index in [0.29, 0.717) is 0 Å². The summed E-state index contributed by atoms with van der Waals surface area (Å²) in [6, 6.07) is 20.3. The van der Waals surface area contributed by atoms with Gasteiger partial charge in [-0.05, 0) is 53.2 Å². The Hall–Kier alpha value is -3.99. The van der Waals surface area contributed by atoms with Gasteiger partial charge in [-0.3, -0.25) is 9.97 Å². The monoisotopic (exact) mass is 378 g/mol. The maximum atomic E-state index is 5.34. The minimum absolute atomic E-state index is 0.809. The van der Waals surface area contributed by atoms with Gasteiger partial charge in [0.1, 0.15) is 11.6 Å². The second-order valence-corrected chi connectivity index (χ2v) is 6.71. The van der Waals surface area contributed by atoms with Gasteiger partial charge in [-0.25, -0.2) is 4.98 Å². The molecule has 0 aliphatic rings. The number of nitrogens with zero attached hydrogens (tertiary/aromatic N) is 3. The van der Waals surface area contributed by atoms with Crippen molar-refractivity contribution < 1.29 is 4.74 Å². The number of nitrogens with one attached hydrogen (secondary N) is 1. The van der Waals surface area contributed by atoms with Crippen molar-refractivity contribution in [3.63, 3.8) is 0 Å². The molecule has 5 heteroatoms. The molecule has 0 radical (unpaired) electrons. The molecule has 0 amide bonds. The highest BCUT2D eigenvalue weighted by atomic mass is 16.5. The van der Waals surface area contributed by atoms with E-state index in [1.54, 1.807) is 31.9 Å². The molecule has 5 aromatic rings. The maximum absolute atomic E-state index is 5.34. The number of pyridine rings is 2. The van der Waals surface area contributed by atoms with Gasteiger partial charge in [-0.2, -0.15) is 0 Å². The summed E-state index contributed by atoms with van der Waals surface area (Å²) < 4.78 is 5.34. The minimum atomic E-state index is 0.809. The van der Waals surface area contributed by atoms with Crippen LogP contribution in [0.1, 0.15) is 0 Å². The van der Waals surface area contributed by atoms with E-state index in [-0.39, 0.29) is 0 Å². The van der Waals surface area contributed by atoms with Crippen LogP contribution in [0, 0.1) is 0 Å². The molecule has 0 unspecified atom stereocenters. The third kappa shape index (κ3) is 3.23. The van der Waals surface area contributed by atoms with Crippen LogP contribution in [0.2, 0.25) is 0 Å². The third-order valence-corrected chi connectivity index (χ3v) is 4.95. The van der Waals surface area contributed by atoms with E-state index in [0.717, 1.165) is 50.4 Å². The number of ether oxygens (including phenoxy) is 1. The van der Waals surface area contributed by atoms with Crippen LogP contribution in [-0.4, -0.2) is 27.0 Å². The fourth-order valence-electron chi connectivity index (χ4n) is 3.45. The van der Waals surface area contributed by atoms with Gasteiger partial charge in [-0.1, -0.05) is 18.2 Å². The van der Waals surface area contributed by atoms with Crippen LogP contribution in [-0.2, 0) is 0 Å². The molecule has 2 aromatic carbocycles. The highest BCUT2D eigenvalue weighted by Crippen LogP contribution is 2.34. The van der Waals surface area contributed by atoms with Crippen LogP contribution in [0.5, 0.6) is 5.75 Å². The average molecular weight is 378 g/mol. The number of fused-ring (bicyclic) bond motifs is 1. The van der Waals surface area contributed by atoms with Crippen LogP contribution in [0.3, 0.4) is 0 Å². The van der Waals surface area contributed by atoms with E-state index in [1.807, 2.05) is 36.4 Å². The molecule has 0 saturated carbocycles. The van der Waals surface area contributed by atoms with Crippen molar-refractivity contribution in [2.45, 2.75) is 0 Å². The van der Waals surface area contributed by atoms with Gasteiger partial charge in [0, 0.05) is 41.5 Å². The number of benzene rings is 2. The lowest BCUT2D eigenvalue weighted by atomic mass is 10.0. The molecule has 0 aliphatic carbocycles. The number of aromatic nitrogens is 4. The van der Waals surface area contributed by atoms with Crippen molar-refractivity contribution in [3.05, 3.63) is 85.5 Å². The molecule has 0 aliphatic heterocycles. The van der Waals surface area contributed by atoms with E-state index < -0.39 is 0 Å². The summed E-state index contributed by atoms with van der Waals surface area (Å²) >= 11 is 0. The first kappa shape index (κ1) is 17.1. The quantitative estimate of drug-likeness (QED) is 0.457. The van der Waals surface area contributed by atoms with Crippen LogP contribution >= 0.6 is 0 Å². The highest BCUT2D eigenvalue weighted by molar-refractivity contribution is 5.90. The summed E-state index contributed by atoms with van der Waals surface area (Å²) in [4.78, 5) is 16.7. The van der Waals surface area contributed by atoms with Gasteiger partial charge in [0.2, 0.25) is 0 Å². The number of rotatable bonds is 4. The Labute approximate surface area is 168 Å².